The standard InChI is InChI=1S/C13H14F3N/c1-17-11-7-12(4-5-12)10-6-8(13(14,15)16)2-3-9(10)11/h2-3,6,11,17H,4-5,7H2,1H3/t11-/m1/s1. The summed E-state index contributed by atoms with van der Waals surface area (Å²) in [6, 6.07) is 4.42. The number of alkyl halides is 3. The summed E-state index contributed by atoms with van der Waals surface area (Å²) in [6.07, 6.45) is -1.23. The predicted molar refractivity (Wildman–Crippen MR) is 58.8 cm³/mol. The van der Waals surface area contributed by atoms with Crippen molar-refractivity contribution in [2.45, 2.75) is 36.9 Å². The number of fused-ring (bicyclic) bond motifs is 2. The van der Waals surface area contributed by atoms with E-state index in [0.717, 1.165) is 30.4 Å². The predicted octanol–water partition coefficient (Wildman–Crippen LogP) is 3.40. The minimum atomic E-state index is -4.23. The molecule has 1 saturated carbocycles. The first-order valence-corrected chi connectivity index (χ1v) is 5.85. The van der Waals surface area contributed by atoms with Gasteiger partial charge in [0.1, 0.15) is 0 Å². The summed E-state index contributed by atoms with van der Waals surface area (Å²) in [5.74, 6) is 0. The van der Waals surface area contributed by atoms with Crippen LogP contribution in [0.15, 0.2) is 18.2 Å². The van der Waals surface area contributed by atoms with Gasteiger partial charge in [-0.2, -0.15) is 13.2 Å². The molecule has 1 N–H and O–H groups in total. The van der Waals surface area contributed by atoms with E-state index in [2.05, 4.69) is 5.32 Å². The summed E-state index contributed by atoms with van der Waals surface area (Å²) < 4.78 is 38.1. The molecule has 1 fully saturated rings. The molecule has 0 unspecified atom stereocenters. The molecule has 1 atom stereocenters. The fraction of sp³-hybridized carbons (Fsp3) is 0.538. The topological polar surface area (TPSA) is 12.0 Å². The molecular weight excluding hydrogens is 227 g/mol. The number of hydrogen-bond acceptors (Lipinski definition) is 1. The molecule has 0 aliphatic heterocycles. The highest BCUT2D eigenvalue weighted by Gasteiger charge is 2.52. The van der Waals surface area contributed by atoms with E-state index in [1.807, 2.05) is 7.05 Å². The van der Waals surface area contributed by atoms with Gasteiger partial charge in [0.15, 0.2) is 0 Å². The molecule has 1 aromatic rings. The zero-order valence-electron chi connectivity index (χ0n) is 9.56. The Labute approximate surface area is 98.0 Å². The van der Waals surface area contributed by atoms with Crippen LogP contribution in [0.2, 0.25) is 0 Å². The zero-order valence-corrected chi connectivity index (χ0v) is 9.56. The van der Waals surface area contributed by atoms with Crippen molar-refractivity contribution in [2.24, 2.45) is 0 Å². The number of nitrogens with one attached hydrogen (secondary N) is 1. The molecule has 0 bridgehead atoms. The number of hydrogen-bond donors (Lipinski definition) is 1. The highest BCUT2D eigenvalue weighted by molar-refractivity contribution is 5.48. The second kappa shape index (κ2) is 3.25. The molecule has 17 heavy (non-hydrogen) atoms. The third-order valence-electron chi connectivity index (χ3n) is 4.12. The largest absolute Gasteiger partial charge is 0.416 e. The Balaban J connectivity index is 2.09. The Morgan fingerprint density at radius 2 is 2.00 bits per heavy atom. The van der Waals surface area contributed by atoms with Crippen LogP contribution in [0.5, 0.6) is 0 Å². The van der Waals surface area contributed by atoms with Crippen LogP contribution in [0.1, 0.15) is 42.0 Å². The molecular formula is C13H14F3N. The summed E-state index contributed by atoms with van der Waals surface area (Å²) in [5, 5.41) is 3.19. The second-order valence-corrected chi connectivity index (χ2v) is 5.13. The monoisotopic (exact) mass is 241 g/mol. The first-order chi connectivity index (χ1) is 7.96. The molecule has 0 radical (unpaired) electrons. The third kappa shape index (κ3) is 1.58. The van der Waals surface area contributed by atoms with E-state index >= 15 is 0 Å². The van der Waals surface area contributed by atoms with Crippen molar-refractivity contribution < 1.29 is 13.2 Å². The van der Waals surface area contributed by atoms with Crippen LogP contribution in [-0.4, -0.2) is 7.05 Å². The van der Waals surface area contributed by atoms with Crippen LogP contribution in [0.3, 0.4) is 0 Å². The van der Waals surface area contributed by atoms with Gasteiger partial charge in [0.2, 0.25) is 0 Å². The van der Waals surface area contributed by atoms with E-state index in [1.165, 1.54) is 12.1 Å². The SMILES string of the molecule is CN[C@@H]1CC2(CC2)c2cc(C(F)(F)F)ccc21. The van der Waals surface area contributed by atoms with E-state index in [4.69, 9.17) is 0 Å². The van der Waals surface area contributed by atoms with Crippen LogP contribution in [0.4, 0.5) is 13.2 Å². The van der Waals surface area contributed by atoms with Gasteiger partial charge in [-0.05, 0) is 55.0 Å². The Hall–Kier alpha value is -1.03. The molecule has 0 aromatic heterocycles. The van der Waals surface area contributed by atoms with Crippen LogP contribution in [0, 0.1) is 0 Å². The van der Waals surface area contributed by atoms with E-state index < -0.39 is 11.7 Å². The maximum absolute atomic E-state index is 12.7. The molecule has 2 aliphatic rings. The summed E-state index contributed by atoms with van der Waals surface area (Å²) >= 11 is 0. The summed E-state index contributed by atoms with van der Waals surface area (Å²) in [5.41, 5.74) is 1.51. The Bertz CT molecular complexity index is 460. The fourth-order valence-electron chi connectivity index (χ4n) is 2.99. The van der Waals surface area contributed by atoms with Crippen LogP contribution >= 0.6 is 0 Å². The first kappa shape index (κ1) is 11.1. The van der Waals surface area contributed by atoms with Crippen molar-refractivity contribution in [2.75, 3.05) is 7.05 Å². The Morgan fingerprint density at radius 3 is 2.53 bits per heavy atom. The minimum Gasteiger partial charge on any atom is -0.313 e. The van der Waals surface area contributed by atoms with Crippen molar-refractivity contribution in [3.63, 3.8) is 0 Å². The lowest BCUT2D eigenvalue weighted by Gasteiger charge is -2.12. The molecule has 0 heterocycles. The van der Waals surface area contributed by atoms with Gasteiger partial charge in [0.05, 0.1) is 5.56 Å². The molecule has 1 spiro atoms. The minimum absolute atomic E-state index is 0.0459. The van der Waals surface area contributed by atoms with Gasteiger partial charge in [0, 0.05) is 6.04 Å². The van der Waals surface area contributed by atoms with Gasteiger partial charge in [0.25, 0.3) is 0 Å². The lowest BCUT2D eigenvalue weighted by molar-refractivity contribution is -0.137. The van der Waals surface area contributed by atoms with E-state index in [9.17, 15) is 13.2 Å². The lowest BCUT2D eigenvalue weighted by atomic mass is 9.96. The van der Waals surface area contributed by atoms with Crippen molar-refractivity contribution >= 4 is 0 Å². The highest BCUT2D eigenvalue weighted by atomic mass is 19.4. The van der Waals surface area contributed by atoms with Crippen LogP contribution in [0.25, 0.3) is 0 Å². The van der Waals surface area contributed by atoms with E-state index in [1.54, 1.807) is 6.07 Å². The summed E-state index contributed by atoms with van der Waals surface area (Å²) in [4.78, 5) is 0. The number of rotatable bonds is 1. The maximum Gasteiger partial charge on any atom is 0.416 e. The smallest absolute Gasteiger partial charge is 0.313 e. The zero-order chi connectivity index (χ0) is 12.3. The quantitative estimate of drug-likeness (QED) is 0.794. The van der Waals surface area contributed by atoms with Gasteiger partial charge >= 0.3 is 6.18 Å². The molecule has 3 rings (SSSR count). The molecule has 1 nitrogen and oxygen atoms in total. The molecule has 92 valence electrons. The molecule has 4 heteroatoms. The van der Waals surface area contributed by atoms with Crippen molar-refractivity contribution in [1.82, 2.24) is 5.32 Å². The van der Waals surface area contributed by atoms with Gasteiger partial charge in [-0.3, -0.25) is 0 Å². The van der Waals surface area contributed by atoms with Gasteiger partial charge < -0.3 is 5.32 Å². The number of benzene rings is 1. The molecule has 2 aliphatic carbocycles. The second-order valence-electron chi connectivity index (χ2n) is 5.13. The van der Waals surface area contributed by atoms with E-state index in [-0.39, 0.29) is 11.5 Å². The van der Waals surface area contributed by atoms with Crippen LogP contribution < -0.4 is 5.32 Å². The highest BCUT2D eigenvalue weighted by Crippen LogP contribution is 2.60. The summed E-state index contributed by atoms with van der Waals surface area (Å²) in [7, 11) is 1.87. The fourth-order valence-corrected chi connectivity index (χ4v) is 2.99. The molecule has 0 saturated heterocycles. The van der Waals surface area contributed by atoms with Crippen molar-refractivity contribution in [3.8, 4) is 0 Å². The summed E-state index contributed by atoms with van der Waals surface area (Å²) in [6.45, 7) is 0. The molecule has 1 aromatic carbocycles. The third-order valence-corrected chi connectivity index (χ3v) is 4.12. The van der Waals surface area contributed by atoms with Gasteiger partial charge in [-0.15, -0.1) is 0 Å². The number of halogens is 3. The first-order valence-electron chi connectivity index (χ1n) is 5.85. The van der Waals surface area contributed by atoms with E-state index in [0.29, 0.717) is 0 Å². The Morgan fingerprint density at radius 1 is 1.29 bits per heavy atom. The molecule has 0 amide bonds. The van der Waals surface area contributed by atoms with Crippen LogP contribution in [-0.2, 0) is 11.6 Å². The maximum atomic E-state index is 12.7. The lowest BCUT2D eigenvalue weighted by Crippen LogP contribution is -2.14. The normalized spacial score (nSPS) is 25.1. The van der Waals surface area contributed by atoms with Crippen molar-refractivity contribution in [1.29, 1.82) is 0 Å². The Kier molecular flexibility index (Phi) is 2.12. The average Bonchev–Trinajstić information content (AvgIpc) is 2.97. The van der Waals surface area contributed by atoms with Crippen molar-refractivity contribution in [3.05, 3.63) is 34.9 Å². The average molecular weight is 241 g/mol. The van der Waals surface area contributed by atoms with Gasteiger partial charge in [-0.1, -0.05) is 6.07 Å². The van der Waals surface area contributed by atoms with Gasteiger partial charge in [-0.25, -0.2) is 0 Å².